The van der Waals surface area contributed by atoms with E-state index in [-0.39, 0.29) is 18.3 Å². The van der Waals surface area contributed by atoms with Crippen LogP contribution >= 0.6 is 0 Å². The average Bonchev–Trinajstić information content (AvgIpc) is 2.53. The molecule has 0 unspecified atom stereocenters. The van der Waals surface area contributed by atoms with Crippen LogP contribution in [0.2, 0.25) is 0 Å². The molecule has 1 amide bonds. The minimum Gasteiger partial charge on any atom is -0.493 e. The van der Waals surface area contributed by atoms with Crippen LogP contribution in [-0.4, -0.2) is 12.5 Å². The van der Waals surface area contributed by atoms with E-state index < -0.39 is 0 Å². The van der Waals surface area contributed by atoms with E-state index in [9.17, 15) is 9.18 Å². The average molecular weight is 299 g/mol. The van der Waals surface area contributed by atoms with Crippen molar-refractivity contribution in [3.8, 4) is 5.75 Å². The molecule has 0 aromatic heterocycles. The predicted octanol–water partition coefficient (Wildman–Crippen LogP) is 3.55. The van der Waals surface area contributed by atoms with Gasteiger partial charge in [0.1, 0.15) is 11.6 Å². The number of carbonyl (C=O) groups excluding carboxylic acids is 1. The zero-order valence-corrected chi connectivity index (χ0v) is 12.4. The van der Waals surface area contributed by atoms with Gasteiger partial charge < -0.3 is 10.1 Å². The van der Waals surface area contributed by atoms with Crippen molar-refractivity contribution in [3.63, 3.8) is 0 Å². The molecule has 2 aromatic rings. The van der Waals surface area contributed by atoms with Crippen LogP contribution in [-0.2, 0) is 11.3 Å². The largest absolute Gasteiger partial charge is 0.493 e. The highest BCUT2D eigenvalue weighted by atomic mass is 19.1. The van der Waals surface area contributed by atoms with Gasteiger partial charge in [0.15, 0.2) is 0 Å². The highest BCUT2D eigenvalue weighted by Crippen LogP contribution is 2.19. The number of para-hydroxylation sites is 1. The maximum Gasteiger partial charge on any atom is 0.244 e. The van der Waals surface area contributed by atoms with Gasteiger partial charge in [0.2, 0.25) is 5.91 Å². The summed E-state index contributed by atoms with van der Waals surface area (Å²) >= 11 is 0. The van der Waals surface area contributed by atoms with Crippen LogP contribution in [0.4, 0.5) is 4.39 Å². The number of amides is 1. The van der Waals surface area contributed by atoms with Crippen molar-refractivity contribution in [2.75, 3.05) is 6.61 Å². The lowest BCUT2D eigenvalue weighted by Gasteiger charge is -2.06. The zero-order chi connectivity index (χ0) is 15.8. The quantitative estimate of drug-likeness (QED) is 0.828. The first-order valence-electron chi connectivity index (χ1n) is 7.12. The second-order valence-electron chi connectivity index (χ2n) is 4.61. The summed E-state index contributed by atoms with van der Waals surface area (Å²) in [5.74, 6) is 0.117. The Hall–Kier alpha value is -2.62. The van der Waals surface area contributed by atoms with Gasteiger partial charge in [0.25, 0.3) is 0 Å². The highest BCUT2D eigenvalue weighted by Gasteiger charge is 2.03. The minimum atomic E-state index is -0.325. The third-order valence-electron chi connectivity index (χ3n) is 3.04. The third kappa shape index (κ3) is 4.45. The number of halogens is 1. The first-order chi connectivity index (χ1) is 10.7. The topological polar surface area (TPSA) is 38.3 Å². The molecule has 0 saturated heterocycles. The number of ether oxygens (including phenoxy) is 1. The van der Waals surface area contributed by atoms with Gasteiger partial charge >= 0.3 is 0 Å². The molecular formula is C18H18FNO2. The van der Waals surface area contributed by atoms with E-state index in [1.807, 2.05) is 31.2 Å². The molecule has 0 spiro atoms. The van der Waals surface area contributed by atoms with E-state index in [1.54, 1.807) is 24.3 Å². The highest BCUT2D eigenvalue weighted by molar-refractivity contribution is 5.92. The predicted molar refractivity (Wildman–Crippen MR) is 84.9 cm³/mol. The number of carbonyl (C=O) groups is 1. The van der Waals surface area contributed by atoms with Crippen molar-refractivity contribution in [1.82, 2.24) is 5.32 Å². The molecule has 114 valence electrons. The Morgan fingerprint density at radius 1 is 1.18 bits per heavy atom. The molecule has 0 aliphatic heterocycles. The van der Waals surface area contributed by atoms with E-state index in [0.29, 0.717) is 12.2 Å². The fourth-order valence-electron chi connectivity index (χ4n) is 1.95. The van der Waals surface area contributed by atoms with Crippen LogP contribution in [0.15, 0.2) is 54.6 Å². The number of hydrogen-bond acceptors (Lipinski definition) is 2. The summed E-state index contributed by atoms with van der Waals surface area (Å²) in [7, 11) is 0. The van der Waals surface area contributed by atoms with Crippen LogP contribution in [0, 0.1) is 5.82 Å². The maximum atomic E-state index is 13.4. The van der Waals surface area contributed by atoms with Crippen molar-refractivity contribution in [2.45, 2.75) is 13.5 Å². The summed E-state index contributed by atoms with van der Waals surface area (Å²) in [6.07, 6.45) is 3.10. The summed E-state index contributed by atoms with van der Waals surface area (Å²) in [6, 6.07) is 13.8. The van der Waals surface area contributed by atoms with Crippen molar-refractivity contribution in [2.24, 2.45) is 0 Å². The second kappa shape index (κ2) is 7.98. The van der Waals surface area contributed by atoms with Gasteiger partial charge in [-0.1, -0.05) is 36.4 Å². The number of hydrogen-bond donors (Lipinski definition) is 1. The van der Waals surface area contributed by atoms with Crippen molar-refractivity contribution in [1.29, 1.82) is 0 Å². The SMILES string of the molecule is CCOc1ccccc1/C=C/C(=O)NCc1ccccc1F. The molecule has 4 heteroatoms. The Labute approximate surface area is 129 Å². The van der Waals surface area contributed by atoms with E-state index in [2.05, 4.69) is 5.32 Å². The third-order valence-corrected chi connectivity index (χ3v) is 3.04. The fraction of sp³-hybridized carbons (Fsp3) is 0.167. The van der Waals surface area contributed by atoms with Crippen molar-refractivity contribution < 1.29 is 13.9 Å². The summed E-state index contributed by atoms with van der Waals surface area (Å²) in [6.45, 7) is 2.62. The van der Waals surface area contributed by atoms with Crippen LogP contribution < -0.4 is 10.1 Å². The summed E-state index contributed by atoms with van der Waals surface area (Å²) < 4.78 is 18.9. The molecule has 2 aromatic carbocycles. The molecule has 0 fully saturated rings. The van der Waals surface area contributed by atoms with Crippen molar-refractivity contribution in [3.05, 3.63) is 71.6 Å². The summed E-state index contributed by atoms with van der Waals surface area (Å²) in [4.78, 5) is 11.8. The maximum absolute atomic E-state index is 13.4. The number of benzene rings is 2. The lowest BCUT2D eigenvalue weighted by Crippen LogP contribution is -2.20. The van der Waals surface area contributed by atoms with Gasteiger partial charge in [-0.05, 0) is 25.1 Å². The summed E-state index contributed by atoms with van der Waals surface area (Å²) in [5, 5.41) is 2.65. The molecule has 2 rings (SSSR count). The fourth-order valence-corrected chi connectivity index (χ4v) is 1.95. The van der Waals surface area contributed by atoms with E-state index in [0.717, 1.165) is 11.3 Å². The Kier molecular flexibility index (Phi) is 5.72. The molecular weight excluding hydrogens is 281 g/mol. The monoisotopic (exact) mass is 299 g/mol. The Morgan fingerprint density at radius 3 is 2.68 bits per heavy atom. The Morgan fingerprint density at radius 2 is 1.91 bits per heavy atom. The molecule has 0 heterocycles. The molecule has 0 saturated carbocycles. The smallest absolute Gasteiger partial charge is 0.244 e. The minimum absolute atomic E-state index is 0.156. The normalized spacial score (nSPS) is 10.6. The Bertz CT molecular complexity index is 668. The van der Waals surface area contributed by atoms with Crippen molar-refractivity contribution >= 4 is 12.0 Å². The van der Waals surface area contributed by atoms with Crippen LogP contribution in [0.1, 0.15) is 18.1 Å². The zero-order valence-electron chi connectivity index (χ0n) is 12.4. The van der Waals surface area contributed by atoms with Gasteiger partial charge in [-0.15, -0.1) is 0 Å². The van der Waals surface area contributed by atoms with Gasteiger partial charge in [0.05, 0.1) is 6.61 Å². The second-order valence-corrected chi connectivity index (χ2v) is 4.61. The molecule has 22 heavy (non-hydrogen) atoms. The molecule has 0 radical (unpaired) electrons. The first kappa shape index (κ1) is 15.8. The lowest BCUT2D eigenvalue weighted by atomic mass is 10.2. The number of rotatable bonds is 6. The number of nitrogens with one attached hydrogen (secondary N) is 1. The van der Waals surface area contributed by atoms with Gasteiger partial charge in [-0.2, -0.15) is 0 Å². The van der Waals surface area contributed by atoms with E-state index in [4.69, 9.17) is 4.74 Å². The molecule has 0 atom stereocenters. The Balaban J connectivity index is 1.96. The molecule has 0 bridgehead atoms. The van der Waals surface area contributed by atoms with E-state index >= 15 is 0 Å². The van der Waals surface area contributed by atoms with Crippen LogP contribution in [0.3, 0.4) is 0 Å². The molecule has 3 nitrogen and oxygen atoms in total. The van der Waals surface area contributed by atoms with Crippen LogP contribution in [0.25, 0.3) is 6.08 Å². The standard InChI is InChI=1S/C18H18FNO2/c1-2-22-17-10-6-4-7-14(17)11-12-18(21)20-13-15-8-3-5-9-16(15)19/h3-12H,2,13H2,1H3,(H,20,21)/b12-11+. The molecule has 1 N–H and O–H groups in total. The van der Waals surface area contributed by atoms with Gasteiger partial charge in [0, 0.05) is 23.7 Å². The van der Waals surface area contributed by atoms with Gasteiger partial charge in [-0.3, -0.25) is 4.79 Å². The first-order valence-corrected chi connectivity index (χ1v) is 7.12. The van der Waals surface area contributed by atoms with Crippen LogP contribution in [0.5, 0.6) is 5.75 Å². The molecule has 0 aliphatic rings. The summed E-state index contributed by atoms with van der Waals surface area (Å²) in [5.41, 5.74) is 1.28. The van der Waals surface area contributed by atoms with Gasteiger partial charge in [-0.25, -0.2) is 4.39 Å². The molecule has 0 aliphatic carbocycles. The lowest BCUT2D eigenvalue weighted by molar-refractivity contribution is -0.116. The van der Waals surface area contributed by atoms with E-state index in [1.165, 1.54) is 12.1 Å².